The van der Waals surface area contributed by atoms with Gasteiger partial charge in [0.15, 0.2) is 9.84 Å². The van der Waals surface area contributed by atoms with Crippen molar-refractivity contribution < 1.29 is 13.2 Å². The number of aromatic nitrogens is 2. The maximum atomic E-state index is 12.4. The highest BCUT2D eigenvalue weighted by molar-refractivity contribution is 7.91. The lowest BCUT2D eigenvalue weighted by Gasteiger charge is -2.34. The van der Waals surface area contributed by atoms with Crippen molar-refractivity contribution in [3.63, 3.8) is 0 Å². The Hall–Kier alpha value is -1.54. The topological polar surface area (TPSA) is 92.3 Å². The minimum atomic E-state index is -2.86. The smallest absolute Gasteiger partial charge is 0.223 e. The molecule has 0 bridgehead atoms. The van der Waals surface area contributed by atoms with Gasteiger partial charge in [-0.1, -0.05) is 0 Å². The molecule has 2 saturated heterocycles. The van der Waals surface area contributed by atoms with Crippen LogP contribution in [0.1, 0.15) is 36.5 Å². The predicted octanol–water partition coefficient (Wildman–Crippen LogP) is 0.609. The second kappa shape index (κ2) is 7.37. The number of hydrogen-bond acceptors (Lipinski definition) is 6. The molecule has 1 aromatic rings. The van der Waals surface area contributed by atoms with Gasteiger partial charge < -0.3 is 5.32 Å². The summed E-state index contributed by atoms with van der Waals surface area (Å²) >= 11 is 0. The fourth-order valence-electron chi connectivity index (χ4n) is 3.78. The first-order chi connectivity index (χ1) is 11.8. The van der Waals surface area contributed by atoms with Gasteiger partial charge in [0, 0.05) is 23.3 Å². The van der Waals surface area contributed by atoms with Crippen molar-refractivity contribution in [2.24, 2.45) is 5.92 Å². The van der Waals surface area contributed by atoms with Crippen LogP contribution in [-0.2, 0) is 21.2 Å². The van der Waals surface area contributed by atoms with Crippen LogP contribution in [0.25, 0.3) is 0 Å². The summed E-state index contributed by atoms with van der Waals surface area (Å²) in [7, 11) is -2.86. The minimum Gasteiger partial charge on any atom is -0.349 e. The van der Waals surface area contributed by atoms with Crippen LogP contribution in [-0.4, -0.2) is 59.8 Å². The van der Waals surface area contributed by atoms with Crippen molar-refractivity contribution in [2.75, 3.05) is 24.6 Å². The zero-order valence-corrected chi connectivity index (χ0v) is 15.7. The van der Waals surface area contributed by atoms with Gasteiger partial charge in [-0.05, 0) is 52.3 Å². The van der Waals surface area contributed by atoms with Gasteiger partial charge >= 0.3 is 0 Å². The molecular weight excluding hydrogens is 340 g/mol. The van der Waals surface area contributed by atoms with Gasteiger partial charge in [-0.15, -0.1) is 0 Å². The Labute approximate surface area is 149 Å². The van der Waals surface area contributed by atoms with E-state index >= 15 is 0 Å². The van der Waals surface area contributed by atoms with Crippen molar-refractivity contribution in [3.8, 4) is 0 Å². The number of nitrogens with one attached hydrogen (secondary N) is 1. The highest BCUT2D eigenvalue weighted by atomic mass is 32.2. The molecule has 7 nitrogen and oxygen atoms in total. The molecule has 0 spiro atoms. The number of hydrogen-bond donors (Lipinski definition) is 1. The van der Waals surface area contributed by atoms with E-state index < -0.39 is 9.84 Å². The van der Waals surface area contributed by atoms with Crippen LogP contribution >= 0.6 is 0 Å². The Kier molecular flexibility index (Phi) is 5.38. The SMILES string of the molecule is Cc1cc(C)nc(CNC(=O)C2CCN([C@H]3CCS(=O)(=O)C3)CC2)n1. The molecule has 8 heteroatoms. The standard InChI is InChI=1S/C17H26N4O3S/c1-12-9-13(2)20-16(19-12)10-18-17(22)14-3-6-21(7-4-14)15-5-8-25(23,24)11-15/h9,14-15H,3-8,10-11H2,1-2H3,(H,18,22)/t15-/m0/s1. The first-order valence-corrected chi connectivity index (χ1v) is 10.7. The average molecular weight is 366 g/mol. The second-order valence-corrected chi connectivity index (χ2v) is 9.38. The van der Waals surface area contributed by atoms with Crippen LogP contribution < -0.4 is 5.32 Å². The quantitative estimate of drug-likeness (QED) is 0.839. The zero-order valence-electron chi connectivity index (χ0n) is 14.9. The zero-order chi connectivity index (χ0) is 18.0. The van der Waals surface area contributed by atoms with Crippen LogP contribution in [0, 0.1) is 19.8 Å². The first-order valence-electron chi connectivity index (χ1n) is 8.86. The molecular formula is C17H26N4O3S. The number of aryl methyl sites for hydroxylation is 2. The molecule has 0 radical (unpaired) electrons. The summed E-state index contributed by atoms with van der Waals surface area (Å²) in [6.45, 7) is 5.76. The first kappa shape index (κ1) is 18.3. The number of rotatable bonds is 4. The summed E-state index contributed by atoms with van der Waals surface area (Å²) < 4.78 is 23.2. The van der Waals surface area contributed by atoms with Gasteiger partial charge in [-0.3, -0.25) is 9.69 Å². The van der Waals surface area contributed by atoms with Gasteiger partial charge in [-0.2, -0.15) is 0 Å². The van der Waals surface area contributed by atoms with E-state index in [1.807, 2.05) is 19.9 Å². The molecule has 2 fully saturated rings. The molecule has 3 heterocycles. The highest BCUT2D eigenvalue weighted by Crippen LogP contribution is 2.24. The summed E-state index contributed by atoms with van der Waals surface area (Å²) in [4.78, 5) is 23.3. The number of carbonyl (C=O) groups is 1. The van der Waals surface area contributed by atoms with Crippen molar-refractivity contribution in [1.82, 2.24) is 20.2 Å². The Morgan fingerprint density at radius 2 is 1.84 bits per heavy atom. The third kappa shape index (κ3) is 4.76. The lowest BCUT2D eigenvalue weighted by molar-refractivity contribution is -0.126. The van der Waals surface area contributed by atoms with Gasteiger partial charge in [0.2, 0.25) is 5.91 Å². The number of carbonyl (C=O) groups excluding carboxylic acids is 1. The fraction of sp³-hybridized carbons (Fsp3) is 0.706. The molecule has 1 atom stereocenters. The molecule has 25 heavy (non-hydrogen) atoms. The number of likely N-dealkylation sites (tertiary alicyclic amines) is 1. The molecule has 1 aromatic heterocycles. The Morgan fingerprint density at radius 3 is 2.40 bits per heavy atom. The third-order valence-corrected chi connectivity index (χ3v) is 6.82. The van der Waals surface area contributed by atoms with Crippen LogP contribution in [0.5, 0.6) is 0 Å². The lowest BCUT2D eigenvalue weighted by atomic mass is 9.94. The molecule has 0 aliphatic carbocycles. The molecule has 1 N–H and O–H groups in total. The summed E-state index contributed by atoms with van der Waals surface area (Å²) in [6.07, 6.45) is 2.27. The van der Waals surface area contributed by atoms with E-state index in [4.69, 9.17) is 0 Å². The average Bonchev–Trinajstić information content (AvgIpc) is 2.92. The number of amides is 1. The monoisotopic (exact) mass is 366 g/mol. The van der Waals surface area contributed by atoms with Crippen molar-refractivity contribution in [2.45, 2.75) is 45.7 Å². The van der Waals surface area contributed by atoms with E-state index in [-0.39, 0.29) is 23.6 Å². The Balaban J connectivity index is 1.47. The maximum Gasteiger partial charge on any atom is 0.223 e. The lowest BCUT2D eigenvalue weighted by Crippen LogP contribution is -2.45. The van der Waals surface area contributed by atoms with E-state index in [2.05, 4.69) is 20.2 Å². The van der Waals surface area contributed by atoms with Gasteiger partial charge in [0.25, 0.3) is 0 Å². The fourth-order valence-corrected chi connectivity index (χ4v) is 5.54. The van der Waals surface area contributed by atoms with Crippen LogP contribution in [0.2, 0.25) is 0 Å². The van der Waals surface area contributed by atoms with E-state index in [9.17, 15) is 13.2 Å². The Bertz CT molecular complexity index is 722. The summed E-state index contributed by atoms with van der Waals surface area (Å²) in [6, 6.07) is 2.04. The molecule has 0 aromatic carbocycles. The van der Waals surface area contributed by atoms with Crippen LogP contribution in [0.4, 0.5) is 0 Å². The molecule has 2 aliphatic heterocycles. The Morgan fingerprint density at radius 1 is 1.20 bits per heavy atom. The predicted molar refractivity (Wildman–Crippen MR) is 94.7 cm³/mol. The summed E-state index contributed by atoms with van der Waals surface area (Å²) in [5.41, 5.74) is 1.80. The van der Waals surface area contributed by atoms with Crippen molar-refractivity contribution in [1.29, 1.82) is 0 Å². The number of piperidine rings is 1. The largest absolute Gasteiger partial charge is 0.349 e. The molecule has 0 unspecified atom stereocenters. The molecule has 2 aliphatic rings. The molecule has 138 valence electrons. The highest BCUT2D eigenvalue weighted by Gasteiger charge is 2.35. The van der Waals surface area contributed by atoms with Crippen molar-refractivity contribution in [3.05, 3.63) is 23.3 Å². The van der Waals surface area contributed by atoms with Gasteiger partial charge in [-0.25, -0.2) is 18.4 Å². The summed E-state index contributed by atoms with van der Waals surface area (Å²) in [5, 5.41) is 2.94. The molecule has 3 rings (SSSR count). The normalized spacial score (nSPS) is 24.3. The summed E-state index contributed by atoms with van der Waals surface area (Å²) in [5.74, 6) is 1.24. The van der Waals surface area contributed by atoms with Crippen LogP contribution in [0.15, 0.2) is 6.07 Å². The van der Waals surface area contributed by atoms with Gasteiger partial charge in [0.05, 0.1) is 18.1 Å². The van der Waals surface area contributed by atoms with Gasteiger partial charge in [0.1, 0.15) is 5.82 Å². The third-order valence-electron chi connectivity index (χ3n) is 5.07. The maximum absolute atomic E-state index is 12.4. The minimum absolute atomic E-state index is 0.0137. The molecule has 1 amide bonds. The number of nitrogens with zero attached hydrogens (tertiary/aromatic N) is 3. The van der Waals surface area contributed by atoms with Crippen molar-refractivity contribution >= 4 is 15.7 Å². The van der Waals surface area contributed by atoms with E-state index in [1.165, 1.54) is 0 Å². The second-order valence-electron chi connectivity index (χ2n) is 7.15. The molecule has 0 saturated carbocycles. The van der Waals surface area contributed by atoms with E-state index in [0.717, 1.165) is 43.7 Å². The number of sulfone groups is 1. The van der Waals surface area contributed by atoms with E-state index in [1.54, 1.807) is 0 Å². The van der Waals surface area contributed by atoms with E-state index in [0.29, 0.717) is 18.1 Å². The van der Waals surface area contributed by atoms with Crippen LogP contribution in [0.3, 0.4) is 0 Å².